The molecule has 17 heavy (non-hydrogen) atoms. The minimum Gasteiger partial charge on any atom is -0.497 e. The first-order chi connectivity index (χ1) is 7.82. The van der Waals surface area contributed by atoms with Crippen molar-refractivity contribution in [2.45, 2.75) is 19.5 Å². The molecule has 0 aliphatic heterocycles. The largest absolute Gasteiger partial charge is 0.497 e. The molecule has 2 nitrogen and oxygen atoms in total. The molecule has 1 atom stereocenters. The SMILES string of the molecule is COc1ccc(CC(C)(C#N)C(F)(F)F)cc1. The first-order valence-electron chi connectivity index (χ1n) is 4.93. The van der Waals surface area contributed by atoms with Crippen LogP contribution < -0.4 is 4.74 Å². The van der Waals surface area contributed by atoms with Crippen molar-refractivity contribution in [3.63, 3.8) is 0 Å². The second kappa shape index (κ2) is 4.66. The lowest BCUT2D eigenvalue weighted by atomic mass is 9.84. The van der Waals surface area contributed by atoms with Crippen molar-refractivity contribution in [2.75, 3.05) is 7.11 Å². The van der Waals surface area contributed by atoms with Gasteiger partial charge in [0.2, 0.25) is 0 Å². The Bertz CT molecular complexity index is 419. The summed E-state index contributed by atoms with van der Waals surface area (Å²) < 4.78 is 43.0. The molecule has 0 aliphatic carbocycles. The number of ether oxygens (including phenoxy) is 1. The fourth-order valence-electron chi connectivity index (χ4n) is 1.35. The normalized spacial score (nSPS) is 14.8. The van der Waals surface area contributed by atoms with E-state index in [-0.39, 0.29) is 6.42 Å². The van der Waals surface area contributed by atoms with Gasteiger partial charge in [-0.25, -0.2) is 0 Å². The zero-order chi connectivity index (χ0) is 13.1. The fourth-order valence-corrected chi connectivity index (χ4v) is 1.35. The molecule has 0 heterocycles. The number of hydrogen-bond acceptors (Lipinski definition) is 2. The van der Waals surface area contributed by atoms with Crippen LogP contribution in [0.1, 0.15) is 12.5 Å². The van der Waals surface area contributed by atoms with E-state index >= 15 is 0 Å². The standard InChI is InChI=1S/C12H12F3NO/c1-11(8-16,12(13,14)15)7-9-3-5-10(17-2)6-4-9/h3-6H,7H2,1-2H3. The minimum atomic E-state index is -4.54. The highest BCUT2D eigenvalue weighted by molar-refractivity contribution is 5.29. The Morgan fingerprint density at radius 1 is 1.24 bits per heavy atom. The number of hydrogen-bond donors (Lipinski definition) is 0. The topological polar surface area (TPSA) is 33.0 Å². The van der Waals surface area contributed by atoms with Crippen molar-refractivity contribution in [1.29, 1.82) is 5.26 Å². The number of methoxy groups -OCH3 is 1. The van der Waals surface area contributed by atoms with Crippen LogP contribution in [0, 0.1) is 16.7 Å². The van der Waals surface area contributed by atoms with Crippen LogP contribution in [-0.4, -0.2) is 13.3 Å². The molecule has 1 unspecified atom stereocenters. The van der Waals surface area contributed by atoms with Gasteiger partial charge in [0, 0.05) is 0 Å². The van der Waals surface area contributed by atoms with Crippen LogP contribution in [0.5, 0.6) is 5.75 Å². The molecule has 0 aliphatic rings. The Balaban J connectivity index is 2.93. The second-order valence-electron chi connectivity index (χ2n) is 3.97. The summed E-state index contributed by atoms with van der Waals surface area (Å²) in [5, 5.41) is 8.69. The van der Waals surface area contributed by atoms with Crippen LogP contribution in [0.4, 0.5) is 13.2 Å². The van der Waals surface area contributed by atoms with Crippen LogP contribution in [0.2, 0.25) is 0 Å². The molecule has 0 saturated heterocycles. The monoisotopic (exact) mass is 243 g/mol. The van der Waals surface area contributed by atoms with E-state index in [9.17, 15) is 13.2 Å². The lowest BCUT2D eigenvalue weighted by Crippen LogP contribution is -2.35. The Hall–Kier alpha value is -1.70. The minimum absolute atomic E-state index is 0.364. The quantitative estimate of drug-likeness (QED) is 0.815. The van der Waals surface area contributed by atoms with Gasteiger partial charge in [0.15, 0.2) is 5.41 Å². The van der Waals surface area contributed by atoms with Gasteiger partial charge in [0.25, 0.3) is 0 Å². The highest BCUT2D eigenvalue weighted by Gasteiger charge is 2.51. The van der Waals surface area contributed by atoms with Gasteiger partial charge >= 0.3 is 6.18 Å². The van der Waals surface area contributed by atoms with Crippen LogP contribution in [0.3, 0.4) is 0 Å². The maximum atomic E-state index is 12.7. The van der Waals surface area contributed by atoms with Crippen molar-refractivity contribution < 1.29 is 17.9 Å². The molecule has 0 aromatic heterocycles. The van der Waals surface area contributed by atoms with Crippen LogP contribution in [0.25, 0.3) is 0 Å². The number of nitrogens with zero attached hydrogens (tertiary/aromatic N) is 1. The predicted molar refractivity (Wildman–Crippen MR) is 56.5 cm³/mol. The molecule has 0 saturated carbocycles. The lowest BCUT2D eigenvalue weighted by Gasteiger charge is -2.24. The van der Waals surface area contributed by atoms with Gasteiger partial charge in [-0.15, -0.1) is 0 Å². The maximum Gasteiger partial charge on any atom is 0.407 e. The van der Waals surface area contributed by atoms with E-state index in [0.29, 0.717) is 11.3 Å². The van der Waals surface area contributed by atoms with Crippen molar-refractivity contribution in [3.05, 3.63) is 29.8 Å². The summed E-state index contributed by atoms with van der Waals surface area (Å²) >= 11 is 0. The zero-order valence-electron chi connectivity index (χ0n) is 9.51. The third-order valence-corrected chi connectivity index (χ3v) is 2.59. The van der Waals surface area contributed by atoms with E-state index in [2.05, 4.69) is 0 Å². The van der Waals surface area contributed by atoms with E-state index in [1.165, 1.54) is 25.3 Å². The van der Waals surface area contributed by atoms with Gasteiger partial charge in [0.1, 0.15) is 5.75 Å². The number of rotatable bonds is 3. The maximum absolute atomic E-state index is 12.7. The third-order valence-electron chi connectivity index (χ3n) is 2.59. The summed E-state index contributed by atoms with van der Waals surface area (Å²) in [7, 11) is 1.48. The van der Waals surface area contributed by atoms with Gasteiger partial charge in [-0.2, -0.15) is 18.4 Å². The summed E-state index contributed by atoms with van der Waals surface area (Å²) in [6.45, 7) is 0.900. The highest BCUT2D eigenvalue weighted by atomic mass is 19.4. The highest BCUT2D eigenvalue weighted by Crippen LogP contribution is 2.40. The molecular formula is C12H12F3NO. The molecule has 5 heteroatoms. The Kier molecular flexibility index (Phi) is 3.66. The third kappa shape index (κ3) is 2.90. The van der Waals surface area contributed by atoms with Gasteiger partial charge in [-0.05, 0) is 31.0 Å². The molecular weight excluding hydrogens is 231 g/mol. The van der Waals surface area contributed by atoms with Crippen LogP contribution >= 0.6 is 0 Å². The Morgan fingerprint density at radius 3 is 2.12 bits per heavy atom. The molecule has 0 N–H and O–H groups in total. The van der Waals surface area contributed by atoms with Crippen molar-refractivity contribution in [3.8, 4) is 11.8 Å². The molecule has 0 fully saturated rings. The lowest BCUT2D eigenvalue weighted by molar-refractivity contribution is -0.196. The number of alkyl halides is 3. The van der Waals surface area contributed by atoms with Gasteiger partial charge < -0.3 is 4.74 Å². The molecule has 1 aromatic carbocycles. The van der Waals surface area contributed by atoms with E-state index in [1.807, 2.05) is 0 Å². The molecule has 0 spiro atoms. The van der Waals surface area contributed by atoms with E-state index < -0.39 is 11.6 Å². The molecule has 1 rings (SSSR count). The zero-order valence-corrected chi connectivity index (χ0v) is 9.51. The smallest absolute Gasteiger partial charge is 0.407 e. The molecule has 0 amide bonds. The van der Waals surface area contributed by atoms with E-state index in [4.69, 9.17) is 10.00 Å². The fraction of sp³-hybridized carbons (Fsp3) is 0.417. The first kappa shape index (κ1) is 13.4. The molecule has 1 aromatic rings. The summed E-state index contributed by atoms with van der Waals surface area (Å²) in [5.74, 6) is 0.569. The molecule has 0 bridgehead atoms. The number of benzene rings is 1. The summed E-state index contributed by atoms with van der Waals surface area (Å²) in [6, 6.07) is 7.54. The van der Waals surface area contributed by atoms with Gasteiger partial charge in [0.05, 0.1) is 13.2 Å². The Labute approximate surface area is 97.6 Å². The van der Waals surface area contributed by atoms with Crippen molar-refractivity contribution in [1.82, 2.24) is 0 Å². The van der Waals surface area contributed by atoms with Gasteiger partial charge in [-0.3, -0.25) is 0 Å². The van der Waals surface area contributed by atoms with Crippen molar-refractivity contribution in [2.24, 2.45) is 5.41 Å². The average molecular weight is 243 g/mol. The predicted octanol–water partition coefficient (Wildman–Crippen LogP) is 3.33. The second-order valence-corrected chi connectivity index (χ2v) is 3.97. The van der Waals surface area contributed by atoms with Crippen LogP contribution in [-0.2, 0) is 6.42 Å². The van der Waals surface area contributed by atoms with E-state index in [1.54, 1.807) is 12.1 Å². The first-order valence-corrected chi connectivity index (χ1v) is 4.93. The number of nitriles is 1. The Morgan fingerprint density at radius 2 is 1.76 bits per heavy atom. The summed E-state index contributed by atoms with van der Waals surface area (Å²) in [5.41, 5.74) is -1.91. The van der Waals surface area contributed by atoms with Crippen molar-refractivity contribution >= 4 is 0 Å². The average Bonchev–Trinajstić information content (AvgIpc) is 2.28. The van der Waals surface area contributed by atoms with E-state index in [0.717, 1.165) is 6.92 Å². The molecule has 0 radical (unpaired) electrons. The van der Waals surface area contributed by atoms with Crippen LogP contribution in [0.15, 0.2) is 24.3 Å². The van der Waals surface area contributed by atoms with Gasteiger partial charge in [-0.1, -0.05) is 12.1 Å². The molecule has 92 valence electrons. The summed E-state index contributed by atoms with van der Waals surface area (Å²) in [6.07, 6.45) is -4.90. The summed E-state index contributed by atoms with van der Waals surface area (Å²) in [4.78, 5) is 0. The number of halogens is 3.